The Balaban J connectivity index is 1.49. The molecule has 8 heteroatoms. The summed E-state index contributed by atoms with van der Waals surface area (Å²) in [5.74, 6) is 0.161. The molecule has 3 aromatic carbocycles. The summed E-state index contributed by atoms with van der Waals surface area (Å²) >= 11 is 0. The molecule has 0 saturated carbocycles. The van der Waals surface area contributed by atoms with E-state index in [1.165, 1.54) is 18.1 Å². The lowest BCUT2D eigenvalue weighted by Gasteiger charge is -2.18. The number of benzene rings is 3. The first-order valence-electron chi connectivity index (χ1n) is 13.8. The monoisotopic (exact) mass is 536 g/mol. The topological polar surface area (TPSA) is 101 Å². The zero-order valence-corrected chi connectivity index (χ0v) is 22.6. The number of hydrogen-bond donors (Lipinski definition) is 1. The lowest BCUT2D eigenvalue weighted by Crippen LogP contribution is -2.32. The third-order valence-electron chi connectivity index (χ3n) is 7.46. The maximum atomic E-state index is 13.8. The summed E-state index contributed by atoms with van der Waals surface area (Å²) in [5.41, 5.74) is 11.8. The van der Waals surface area contributed by atoms with Crippen molar-refractivity contribution in [3.05, 3.63) is 93.9 Å². The Kier molecular flexibility index (Phi) is 7.09. The smallest absolute Gasteiger partial charge is 0.330 e. The van der Waals surface area contributed by atoms with Crippen molar-refractivity contribution in [2.75, 3.05) is 6.54 Å². The van der Waals surface area contributed by atoms with Crippen molar-refractivity contribution in [2.24, 2.45) is 5.73 Å². The lowest BCUT2D eigenvalue weighted by molar-refractivity contribution is -0.141. The molecule has 0 saturated heterocycles. The number of carbonyl (C=O) groups is 1. The molecule has 8 nitrogen and oxygen atoms in total. The highest BCUT2D eigenvalue weighted by Gasteiger charge is 2.22. The summed E-state index contributed by atoms with van der Waals surface area (Å²) in [5, 5.41) is 0.861. The van der Waals surface area contributed by atoms with Crippen LogP contribution in [0.2, 0.25) is 0 Å². The van der Waals surface area contributed by atoms with Gasteiger partial charge < -0.3 is 19.9 Å². The molecule has 2 aromatic heterocycles. The average Bonchev–Trinajstić information content (AvgIpc) is 3.33. The second kappa shape index (κ2) is 11.0. The number of aromatic nitrogens is 3. The number of nitrogens with two attached hydrogens (primary N) is 1. The molecule has 0 bridgehead atoms. The van der Waals surface area contributed by atoms with Gasteiger partial charge in [0.1, 0.15) is 23.6 Å². The molecular formula is C32H32N4O4. The van der Waals surface area contributed by atoms with E-state index in [0.29, 0.717) is 36.3 Å². The highest BCUT2D eigenvalue weighted by atomic mass is 16.7. The van der Waals surface area contributed by atoms with Crippen molar-refractivity contribution in [1.82, 2.24) is 14.3 Å². The Hall–Kier alpha value is -4.43. The lowest BCUT2D eigenvalue weighted by atomic mass is 9.91. The van der Waals surface area contributed by atoms with Gasteiger partial charge in [-0.15, -0.1) is 4.73 Å². The first kappa shape index (κ1) is 25.8. The largest absolute Gasteiger partial charge is 0.489 e. The third kappa shape index (κ3) is 4.98. The Morgan fingerprint density at radius 3 is 2.52 bits per heavy atom. The number of hydrogen-bond acceptors (Lipinski definition) is 6. The maximum absolute atomic E-state index is 13.8. The summed E-state index contributed by atoms with van der Waals surface area (Å²) in [6, 6.07) is 19.8. The van der Waals surface area contributed by atoms with Gasteiger partial charge in [-0.25, -0.2) is 9.78 Å². The number of fused-ring (bicyclic) bond motifs is 3. The second-order valence-corrected chi connectivity index (χ2v) is 10.3. The summed E-state index contributed by atoms with van der Waals surface area (Å²) in [6.45, 7) is 2.96. The molecule has 1 aliphatic carbocycles. The molecular weight excluding hydrogens is 504 g/mol. The van der Waals surface area contributed by atoms with Crippen molar-refractivity contribution >= 4 is 27.9 Å². The molecule has 0 atom stereocenters. The van der Waals surface area contributed by atoms with Crippen LogP contribution in [0.15, 0.2) is 71.7 Å². The highest BCUT2D eigenvalue weighted by Crippen LogP contribution is 2.33. The van der Waals surface area contributed by atoms with Gasteiger partial charge in [0.15, 0.2) is 0 Å². The quantitative estimate of drug-likeness (QED) is 0.306. The molecule has 6 rings (SSSR count). The summed E-state index contributed by atoms with van der Waals surface area (Å²) in [4.78, 5) is 36.2. The van der Waals surface area contributed by atoms with Crippen molar-refractivity contribution in [3.63, 3.8) is 0 Å². The van der Waals surface area contributed by atoms with Gasteiger partial charge >= 0.3 is 11.5 Å². The zero-order chi connectivity index (χ0) is 27.6. The number of rotatable bonds is 8. The molecule has 2 heterocycles. The van der Waals surface area contributed by atoms with E-state index in [1.807, 2.05) is 66.9 Å². The molecule has 0 amide bonds. The molecule has 1 aliphatic rings. The number of carbonyl (C=O) groups excluding carboxylic acids is 1. The average molecular weight is 537 g/mol. The minimum absolute atomic E-state index is 0.235. The molecule has 5 aromatic rings. The second-order valence-electron chi connectivity index (χ2n) is 10.3. The van der Waals surface area contributed by atoms with Gasteiger partial charge in [-0.1, -0.05) is 30.3 Å². The van der Waals surface area contributed by atoms with Crippen molar-refractivity contribution in [1.29, 1.82) is 0 Å². The number of aryl methyl sites for hydroxylation is 3. The Morgan fingerprint density at radius 2 is 1.77 bits per heavy atom. The van der Waals surface area contributed by atoms with Crippen molar-refractivity contribution < 1.29 is 14.4 Å². The molecule has 0 spiro atoms. The van der Waals surface area contributed by atoms with E-state index >= 15 is 0 Å². The van der Waals surface area contributed by atoms with E-state index in [1.54, 1.807) is 0 Å². The SMILES string of the molecule is CC(=O)On1c(=O)c(-c2cn(CCCN)c3cc(OCc4ccccc4)ccc23)nc2cc3c(cc21)CCCC3. The van der Waals surface area contributed by atoms with Gasteiger partial charge in [-0.2, -0.15) is 0 Å². The van der Waals surface area contributed by atoms with Gasteiger partial charge in [0.05, 0.1) is 11.0 Å². The third-order valence-corrected chi connectivity index (χ3v) is 7.46. The van der Waals surface area contributed by atoms with Crippen LogP contribution in [0.4, 0.5) is 0 Å². The molecule has 204 valence electrons. The molecule has 0 radical (unpaired) electrons. The van der Waals surface area contributed by atoms with E-state index < -0.39 is 11.5 Å². The van der Waals surface area contributed by atoms with Crippen molar-refractivity contribution in [3.8, 4) is 17.0 Å². The normalized spacial score (nSPS) is 12.9. The molecule has 2 N–H and O–H groups in total. The Labute approximate surface area is 231 Å². The fraction of sp³-hybridized carbons (Fsp3) is 0.281. The minimum Gasteiger partial charge on any atom is -0.489 e. The van der Waals surface area contributed by atoms with E-state index in [2.05, 4.69) is 4.57 Å². The van der Waals surface area contributed by atoms with E-state index in [4.69, 9.17) is 20.3 Å². The van der Waals surface area contributed by atoms with Gasteiger partial charge in [0, 0.05) is 36.7 Å². The predicted molar refractivity (Wildman–Crippen MR) is 155 cm³/mol. The zero-order valence-electron chi connectivity index (χ0n) is 22.6. The predicted octanol–water partition coefficient (Wildman–Crippen LogP) is 4.80. The van der Waals surface area contributed by atoms with Gasteiger partial charge in [-0.05, 0) is 79.6 Å². The van der Waals surface area contributed by atoms with Crippen LogP contribution in [-0.4, -0.2) is 26.8 Å². The van der Waals surface area contributed by atoms with E-state index in [0.717, 1.165) is 59.1 Å². The minimum atomic E-state index is -0.566. The van der Waals surface area contributed by atoms with Crippen LogP contribution >= 0.6 is 0 Å². The first-order valence-corrected chi connectivity index (χ1v) is 13.8. The van der Waals surface area contributed by atoms with Gasteiger partial charge in [0.2, 0.25) is 0 Å². The van der Waals surface area contributed by atoms with Crippen LogP contribution in [0.3, 0.4) is 0 Å². The Morgan fingerprint density at radius 1 is 1.00 bits per heavy atom. The van der Waals surface area contributed by atoms with Gasteiger partial charge in [-0.3, -0.25) is 4.79 Å². The van der Waals surface area contributed by atoms with Crippen LogP contribution in [0.5, 0.6) is 5.75 Å². The highest BCUT2D eigenvalue weighted by molar-refractivity contribution is 5.96. The van der Waals surface area contributed by atoms with Crippen LogP contribution < -0.4 is 20.9 Å². The van der Waals surface area contributed by atoms with Crippen molar-refractivity contribution in [2.45, 2.75) is 52.2 Å². The van der Waals surface area contributed by atoms with Crippen LogP contribution in [0, 0.1) is 0 Å². The van der Waals surface area contributed by atoms with E-state index in [-0.39, 0.29) is 5.69 Å². The van der Waals surface area contributed by atoms with Crippen LogP contribution in [0.1, 0.15) is 42.9 Å². The molecule has 0 aliphatic heterocycles. The summed E-state index contributed by atoms with van der Waals surface area (Å²) in [7, 11) is 0. The van der Waals surface area contributed by atoms with E-state index in [9.17, 15) is 9.59 Å². The summed E-state index contributed by atoms with van der Waals surface area (Å²) < 4.78 is 9.29. The number of ether oxygens (including phenoxy) is 1. The number of nitrogens with zero attached hydrogens (tertiary/aromatic N) is 3. The fourth-order valence-electron chi connectivity index (χ4n) is 5.52. The van der Waals surface area contributed by atoms with Gasteiger partial charge in [0.25, 0.3) is 0 Å². The molecule has 40 heavy (non-hydrogen) atoms. The standard InChI is InChI=1S/C32H32N4O4/c1-21(37)40-36-30-17-24-11-6-5-10-23(24)16-28(30)34-31(32(36)38)27-19-35(15-7-14-33)29-18-25(12-13-26(27)29)39-20-22-8-3-2-4-9-22/h2-4,8-9,12-13,16-19H,5-7,10-11,14-15,20,33H2,1H3. The van der Waals surface area contributed by atoms with Crippen LogP contribution in [0.25, 0.3) is 33.2 Å². The van der Waals surface area contributed by atoms with Crippen LogP contribution in [-0.2, 0) is 30.8 Å². The summed E-state index contributed by atoms with van der Waals surface area (Å²) in [6.07, 6.45) is 6.84. The molecule has 0 fully saturated rings. The fourth-order valence-corrected chi connectivity index (χ4v) is 5.52. The first-order chi connectivity index (χ1) is 19.5. The maximum Gasteiger partial charge on any atom is 0.330 e. The molecule has 0 unspecified atom stereocenters. The Bertz CT molecular complexity index is 1770.